The summed E-state index contributed by atoms with van der Waals surface area (Å²) in [6.07, 6.45) is 2.38. The Bertz CT molecular complexity index is 1710. The minimum atomic E-state index is -2.84. The van der Waals surface area contributed by atoms with Crippen molar-refractivity contribution < 1.29 is 22.8 Å². The van der Waals surface area contributed by atoms with Crippen molar-refractivity contribution in [2.75, 3.05) is 18.4 Å². The average molecular weight is 627 g/mol. The molecular formula is C30H26ClF3N6O2S. The molecule has 5 heterocycles. The molecule has 2 unspecified atom stereocenters. The fraction of sp³-hybridized carbons (Fsp3) is 0.333. The normalized spacial score (nSPS) is 21.5. The number of anilines is 1. The number of carbonyl (C=O) groups excluding carboxylic acids is 2. The molecule has 13 heteroatoms. The van der Waals surface area contributed by atoms with Gasteiger partial charge in [0.15, 0.2) is 11.2 Å². The lowest BCUT2D eigenvalue weighted by atomic mass is 9.86. The molecule has 0 radical (unpaired) electrons. The quantitative estimate of drug-likeness (QED) is 0.291. The second-order valence-electron chi connectivity index (χ2n) is 11.1. The van der Waals surface area contributed by atoms with Crippen LogP contribution in [0, 0.1) is 0 Å². The van der Waals surface area contributed by atoms with E-state index in [9.17, 15) is 22.8 Å². The van der Waals surface area contributed by atoms with Crippen LogP contribution >= 0.6 is 22.9 Å². The zero-order valence-electron chi connectivity index (χ0n) is 22.7. The van der Waals surface area contributed by atoms with Gasteiger partial charge in [-0.25, -0.2) is 23.1 Å². The Hall–Kier alpha value is -3.74. The van der Waals surface area contributed by atoms with Crippen LogP contribution in [0.15, 0.2) is 54.3 Å². The summed E-state index contributed by atoms with van der Waals surface area (Å²) in [6, 6.07) is 9.22. The van der Waals surface area contributed by atoms with E-state index in [2.05, 4.69) is 20.6 Å². The molecule has 2 aromatic carbocycles. The first-order valence-electron chi connectivity index (χ1n) is 13.9. The van der Waals surface area contributed by atoms with Crippen molar-refractivity contribution in [2.45, 2.75) is 50.0 Å². The van der Waals surface area contributed by atoms with Crippen LogP contribution < -0.4 is 10.6 Å². The molecule has 43 heavy (non-hydrogen) atoms. The number of hydrogen-bond donors (Lipinski definition) is 2. The van der Waals surface area contributed by atoms with Crippen LogP contribution in [-0.4, -0.2) is 56.4 Å². The number of nitrogens with zero attached hydrogens (tertiary/aromatic N) is 4. The van der Waals surface area contributed by atoms with Crippen molar-refractivity contribution in [1.82, 2.24) is 24.8 Å². The van der Waals surface area contributed by atoms with Crippen LogP contribution in [0.1, 0.15) is 51.3 Å². The van der Waals surface area contributed by atoms with Crippen LogP contribution in [0.2, 0.25) is 5.02 Å². The molecule has 2 amide bonds. The molecule has 1 saturated heterocycles. The smallest absolute Gasteiger partial charge is 0.267 e. The molecule has 0 spiro atoms. The summed E-state index contributed by atoms with van der Waals surface area (Å²) in [7, 11) is 0. The van der Waals surface area contributed by atoms with E-state index in [0.717, 1.165) is 5.56 Å². The molecule has 7 rings (SSSR count). The number of carbonyl (C=O) groups is 2. The molecule has 4 aromatic rings. The maximum atomic E-state index is 14.5. The number of alkyl halides is 3. The summed E-state index contributed by atoms with van der Waals surface area (Å²) in [5.41, 5.74) is 3.71. The number of piperidine rings is 1. The van der Waals surface area contributed by atoms with E-state index in [4.69, 9.17) is 11.6 Å². The van der Waals surface area contributed by atoms with Crippen LogP contribution in [0.5, 0.6) is 0 Å². The summed E-state index contributed by atoms with van der Waals surface area (Å²) in [6.45, 7) is 0.371. The van der Waals surface area contributed by atoms with Crippen LogP contribution in [-0.2, 0) is 24.3 Å². The largest absolute Gasteiger partial charge is 0.331 e. The highest BCUT2D eigenvalue weighted by Crippen LogP contribution is 2.41. The molecule has 0 bridgehead atoms. The van der Waals surface area contributed by atoms with Crippen LogP contribution in [0.3, 0.4) is 0 Å². The van der Waals surface area contributed by atoms with Gasteiger partial charge in [0, 0.05) is 46.4 Å². The van der Waals surface area contributed by atoms with E-state index in [1.54, 1.807) is 52.5 Å². The third-order valence-electron chi connectivity index (χ3n) is 8.41. The number of halogens is 4. The Morgan fingerprint density at radius 2 is 2.00 bits per heavy atom. The van der Waals surface area contributed by atoms with E-state index in [1.165, 1.54) is 22.6 Å². The maximum absolute atomic E-state index is 14.5. The van der Waals surface area contributed by atoms with Crippen molar-refractivity contribution in [2.24, 2.45) is 0 Å². The third kappa shape index (κ3) is 5.00. The fourth-order valence-electron chi connectivity index (χ4n) is 6.31. The number of amides is 2. The molecule has 2 aromatic heterocycles. The predicted molar refractivity (Wildman–Crippen MR) is 156 cm³/mol. The summed E-state index contributed by atoms with van der Waals surface area (Å²) < 4.78 is 45.0. The van der Waals surface area contributed by atoms with Gasteiger partial charge in [-0.3, -0.25) is 14.9 Å². The topological polar surface area (TPSA) is 92.2 Å². The minimum Gasteiger partial charge on any atom is -0.331 e. The second-order valence-corrected chi connectivity index (χ2v) is 12.4. The van der Waals surface area contributed by atoms with Crippen LogP contribution in [0.4, 0.5) is 18.3 Å². The number of nitrogens with one attached hydrogen (secondary N) is 2. The van der Waals surface area contributed by atoms with Gasteiger partial charge in [-0.15, -0.1) is 11.3 Å². The van der Waals surface area contributed by atoms with E-state index >= 15 is 0 Å². The highest BCUT2D eigenvalue weighted by molar-refractivity contribution is 7.13. The predicted octanol–water partition coefficient (Wildman–Crippen LogP) is 5.60. The molecule has 1 fully saturated rings. The second kappa shape index (κ2) is 10.8. The Labute approximate surface area is 253 Å². The number of hydrogen-bond acceptors (Lipinski definition) is 6. The maximum Gasteiger partial charge on any atom is 0.267 e. The number of aromatic nitrogens is 3. The summed E-state index contributed by atoms with van der Waals surface area (Å²) >= 11 is 7.96. The number of thiazole rings is 1. The zero-order chi connectivity index (χ0) is 29.9. The Kier molecular flexibility index (Phi) is 7.02. The lowest BCUT2D eigenvalue weighted by Crippen LogP contribution is -2.44. The number of rotatable bonds is 6. The van der Waals surface area contributed by atoms with Gasteiger partial charge in [0.1, 0.15) is 6.17 Å². The van der Waals surface area contributed by atoms with Crippen LogP contribution in [0.25, 0.3) is 11.1 Å². The SMILES string of the molecule is O=C(Nc1nccs1)C(c1ncn2c1C[C@@H](F)C2)N1Cc2c(Cl)cc(-c3ccc(C4CCNCC4(F)F)cc3)cc2C1=O. The summed E-state index contributed by atoms with van der Waals surface area (Å²) in [5.74, 6) is -4.64. The molecule has 3 atom stereocenters. The Balaban J connectivity index is 1.20. The zero-order valence-corrected chi connectivity index (χ0v) is 24.3. The molecule has 2 N–H and O–H groups in total. The van der Waals surface area contributed by atoms with Crippen molar-refractivity contribution >= 4 is 39.9 Å². The lowest BCUT2D eigenvalue weighted by Gasteiger charge is -2.32. The minimum absolute atomic E-state index is 0.0539. The van der Waals surface area contributed by atoms with Crippen molar-refractivity contribution in [3.8, 4) is 11.1 Å². The monoisotopic (exact) mass is 626 g/mol. The molecule has 8 nitrogen and oxygen atoms in total. The highest BCUT2D eigenvalue weighted by Gasteiger charge is 2.44. The van der Waals surface area contributed by atoms with Gasteiger partial charge in [0.05, 0.1) is 31.0 Å². The third-order valence-corrected chi connectivity index (χ3v) is 9.44. The van der Waals surface area contributed by atoms with E-state index in [-0.39, 0.29) is 26.1 Å². The van der Waals surface area contributed by atoms with Crippen molar-refractivity contribution in [3.63, 3.8) is 0 Å². The Morgan fingerprint density at radius 1 is 1.19 bits per heavy atom. The van der Waals surface area contributed by atoms with Gasteiger partial charge in [-0.05, 0) is 41.8 Å². The van der Waals surface area contributed by atoms with Gasteiger partial charge < -0.3 is 14.8 Å². The number of benzene rings is 2. The summed E-state index contributed by atoms with van der Waals surface area (Å²) in [4.78, 5) is 37.6. The first kappa shape index (κ1) is 28.1. The van der Waals surface area contributed by atoms with Gasteiger partial charge >= 0.3 is 0 Å². The van der Waals surface area contributed by atoms with Gasteiger partial charge in [0.2, 0.25) is 0 Å². The molecular weight excluding hydrogens is 601 g/mol. The number of fused-ring (bicyclic) bond motifs is 2. The molecule has 0 saturated carbocycles. The van der Waals surface area contributed by atoms with E-state index < -0.39 is 35.9 Å². The average Bonchev–Trinajstić information content (AvgIpc) is 3.76. The highest BCUT2D eigenvalue weighted by atomic mass is 35.5. The van der Waals surface area contributed by atoms with Gasteiger partial charge in [-0.1, -0.05) is 35.9 Å². The number of imidazole rings is 1. The first-order valence-corrected chi connectivity index (χ1v) is 15.2. The summed E-state index contributed by atoms with van der Waals surface area (Å²) in [5, 5.41) is 7.94. The Morgan fingerprint density at radius 3 is 2.74 bits per heavy atom. The first-order chi connectivity index (χ1) is 20.7. The van der Waals surface area contributed by atoms with Gasteiger partial charge in [0.25, 0.3) is 17.7 Å². The standard InChI is InChI=1S/C30H26ClF3N6O2S/c31-23-10-18(16-1-3-17(4-2-16)22-5-6-35-14-30(22,33)34)9-20-21(23)13-40(28(20)42)26(27(41)38-29-36-7-8-43-29)25-24-11-19(32)12-39(24)15-37-25/h1-4,7-10,15,19,22,26,35H,5-6,11-14H2,(H,36,38,41)/t19-,22?,26?/m1/s1. The molecule has 3 aliphatic rings. The van der Waals surface area contributed by atoms with E-state index in [0.29, 0.717) is 56.8 Å². The van der Waals surface area contributed by atoms with E-state index in [1.807, 2.05) is 0 Å². The molecule has 3 aliphatic heterocycles. The fourth-order valence-corrected chi connectivity index (χ4v) is 7.12. The molecule has 0 aliphatic carbocycles. The van der Waals surface area contributed by atoms with Gasteiger partial charge in [-0.2, -0.15) is 0 Å². The van der Waals surface area contributed by atoms with Crippen molar-refractivity contribution in [1.29, 1.82) is 0 Å². The lowest BCUT2D eigenvalue weighted by molar-refractivity contribution is -0.121. The molecule has 222 valence electrons. The van der Waals surface area contributed by atoms with Crippen molar-refractivity contribution in [3.05, 3.63) is 87.4 Å².